The van der Waals surface area contributed by atoms with Gasteiger partial charge in [-0.15, -0.1) is 0 Å². The number of halogens is 2. The number of esters is 1. The van der Waals surface area contributed by atoms with Crippen LogP contribution in [-0.2, 0) is 23.9 Å². The predicted octanol–water partition coefficient (Wildman–Crippen LogP) is 4.91. The number of carbonyl (C=O) groups excluding carboxylic acids is 4. The third kappa shape index (κ3) is 9.37. The van der Waals surface area contributed by atoms with E-state index in [-0.39, 0.29) is 18.9 Å². The van der Waals surface area contributed by atoms with Gasteiger partial charge in [-0.05, 0) is 107 Å². The molecule has 0 spiro atoms. The maximum absolute atomic E-state index is 13.6. The van der Waals surface area contributed by atoms with Crippen molar-refractivity contribution in [2.75, 3.05) is 11.5 Å². The second-order valence-electron chi connectivity index (χ2n) is 12.8. The fourth-order valence-electron chi connectivity index (χ4n) is 5.34. The van der Waals surface area contributed by atoms with E-state index in [9.17, 15) is 33.1 Å². The number of aliphatic hydroxyl groups excluding tert-OH is 1. The summed E-state index contributed by atoms with van der Waals surface area (Å²) in [5.41, 5.74) is 1.13. The number of rotatable bonds is 13. The molecule has 3 aromatic carbocycles. The van der Waals surface area contributed by atoms with Crippen molar-refractivity contribution < 1.29 is 42.5 Å². The van der Waals surface area contributed by atoms with E-state index in [1.54, 1.807) is 49.9 Å². The average Bonchev–Trinajstić information content (AvgIpc) is 3.03. The zero-order chi connectivity index (χ0) is 35.2. The molecule has 3 N–H and O–H groups in total. The highest BCUT2D eigenvalue weighted by atomic mass is 19.1. The van der Waals surface area contributed by atoms with Crippen molar-refractivity contribution in [3.05, 3.63) is 95.6 Å². The van der Waals surface area contributed by atoms with Crippen molar-refractivity contribution in [1.29, 1.82) is 0 Å². The highest BCUT2D eigenvalue weighted by molar-refractivity contribution is 6.03. The molecule has 256 valence electrons. The Labute approximate surface area is 278 Å². The van der Waals surface area contributed by atoms with Gasteiger partial charge in [0.15, 0.2) is 6.61 Å². The molecule has 48 heavy (non-hydrogen) atoms. The van der Waals surface area contributed by atoms with Gasteiger partial charge in [-0.2, -0.15) is 0 Å². The zero-order valence-electron chi connectivity index (χ0n) is 27.5. The van der Waals surface area contributed by atoms with E-state index >= 15 is 0 Å². The van der Waals surface area contributed by atoms with Gasteiger partial charge >= 0.3 is 5.97 Å². The number of hydrogen-bond acceptors (Lipinski definition) is 7. The Balaban J connectivity index is 1.36. The van der Waals surface area contributed by atoms with Gasteiger partial charge in [-0.3, -0.25) is 14.4 Å². The minimum atomic E-state index is -0.944. The number of ether oxygens (including phenoxy) is 2. The van der Waals surface area contributed by atoms with E-state index in [0.717, 1.165) is 5.56 Å². The Morgan fingerprint density at radius 1 is 0.875 bits per heavy atom. The maximum Gasteiger partial charge on any atom is 0.328 e. The van der Waals surface area contributed by atoms with Crippen LogP contribution in [0, 0.1) is 17.6 Å². The van der Waals surface area contributed by atoms with Crippen molar-refractivity contribution in [2.24, 2.45) is 5.92 Å². The normalized spacial score (nSPS) is 17.8. The second kappa shape index (κ2) is 15.4. The first-order valence-corrected chi connectivity index (χ1v) is 15.7. The molecule has 1 aliphatic heterocycles. The van der Waals surface area contributed by atoms with Gasteiger partial charge in [0.05, 0.1) is 18.1 Å². The van der Waals surface area contributed by atoms with Crippen LogP contribution in [0.5, 0.6) is 5.75 Å². The standard InChI is InChI=1S/C36H41F2N3O7/c1-21(33(44)40-22(2)35(46)48-36(3,4)5)39-31(43)20-47-28-16-8-24(9-17-28)32-29(18-19-30(42)23-6-10-25(37)11-7-23)34(45)41(32)27-14-12-26(38)13-15-27/h6-17,21-22,29-30,32,42H,18-20H2,1-5H3,(H,39,43)(H,40,44)/t21-,22-,29?,30?,32?/m0/s1. The number of nitrogens with one attached hydrogen (secondary N) is 2. The van der Waals surface area contributed by atoms with Gasteiger partial charge < -0.3 is 30.1 Å². The fourth-order valence-corrected chi connectivity index (χ4v) is 5.34. The molecule has 0 radical (unpaired) electrons. The van der Waals surface area contributed by atoms with Crippen molar-refractivity contribution in [1.82, 2.24) is 10.6 Å². The quantitative estimate of drug-likeness (QED) is 0.175. The maximum atomic E-state index is 13.6. The number of β-lactam (4-membered cyclic amide) rings is 1. The summed E-state index contributed by atoms with van der Waals surface area (Å²) in [6.07, 6.45) is -0.272. The SMILES string of the molecule is C[C@H](NC(=O)COc1ccc(C2C(CCC(O)c3ccc(F)cc3)C(=O)N2c2ccc(F)cc2)cc1)C(=O)N[C@@H](C)C(=O)OC(C)(C)C. The largest absolute Gasteiger partial charge is 0.484 e. The highest BCUT2D eigenvalue weighted by Gasteiger charge is 2.48. The molecule has 0 saturated carbocycles. The number of aliphatic hydroxyl groups is 1. The minimum absolute atomic E-state index is 0.173. The molecular weight excluding hydrogens is 624 g/mol. The molecule has 0 aliphatic carbocycles. The van der Waals surface area contributed by atoms with E-state index in [0.29, 0.717) is 23.4 Å². The van der Waals surface area contributed by atoms with E-state index in [4.69, 9.17) is 9.47 Å². The molecule has 0 aromatic heterocycles. The minimum Gasteiger partial charge on any atom is -0.484 e. The van der Waals surface area contributed by atoms with Crippen LogP contribution < -0.4 is 20.3 Å². The second-order valence-corrected chi connectivity index (χ2v) is 12.8. The molecule has 1 saturated heterocycles. The van der Waals surface area contributed by atoms with Gasteiger partial charge in [0, 0.05) is 5.69 Å². The molecule has 4 rings (SSSR count). The monoisotopic (exact) mass is 665 g/mol. The van der Waals surface area contributed by atoms with Crippen LogP contribution in [0.15, 0.2) is 72.8 Å². The van der Waals surface area contributed by atoms with Crippen LogP contribution in [0.25, 0.3) is 0 Å². The van der Waals surface area contributed by atoms with E-state index in [2.05, 4.69) is 10.6 Å². The van der Waals surface area contributed by atoms with Crippen molar-refractivity contribution in [3.8, 4) is 5.75 Å². The van der Waals surface area contributed by atoms with E-state index < -0.39 is 65.2 Å². The van der Waals surface area contributed by atoms with Crippen molar-refractivity contribution >= 4 is 29.4 Å². The summed E-state index contributed by atoms with van der Waals surface area (Å²) in [6, 6.07) is 15.7. The molecule has 3 unspecified atom stereocenters. The van der Waals surface area contributed by atoms with Gasteiger partial charge in [-0.25, -0.2) is 13.6 Å². The van der Waals surface area contributed by atoms with E-state index in [1.807, 2.05) is 0 Å². The summed E-state index contributed by atoms with van der Waals surface area (Å²) in [6.45, 7) is 7.74. The number of nitrogens with zero attached hydrogens (tertiary/aromatic N) is 1. The molecule has 1 heterocycles. The Kier molecular flexibility index (Phi) is 11.5. The average molecular weight is 666 g/mol. The third-order valence-corrected chi connectivity index (χ3v) is 7.81. The molecule has 12 heteroatoms. The first kappa shape index (κ1) is 36.0. The van der Waals surface area contributed by atoms with Gasteiger partial charge in [-0.1, -0.05) is 24.3 Å². The topological polar surface area (TPSA) is 134 Å². The molecule has 10 nitrogen and oxygen atoms in total. The summed E-state index contributed by atoms with van der Waals surface area (Å²) >= 11 is 0. The Morgan fingerprint density at radius 2 is 1.46 bits per heavy atom. The third-order valence-electron chi connectivity index (χ3n) is 7.81. The lowest BCUT2D eigenvalue weighted by molar-refractivity contribution is -0.158. The van der Waals surface area contributed by atoms with Crippen LogP contribution in [0.1, 0.15) is 70.7 Å². The molecular formula is C36H41F2N3O7. The summed E-state index contributed by atoms with van der Waals surface area (Å²) in [7, 11) is 0. The molecule has 5 atom stereocenters. The summed E-state index contributed by atoms with van der Waals surface area (Å²) in [5, 5.41) is 15.7. The number of benzene rings is 3. The lowest BCUT2D eigenvalue weighted by Gasteiger charge is -2.48. The van der Waals surface area contributed by atoms with Gasteiger partial charge in [0.25, 0.3) is 5.91 Å². The summed E-state index contributed by atoms with van der Waals surface area (Å²) < 4.78 is 37.8. The van der Waals surface area contributed by atoms with Crippen LogP contribution >= 0.6 is 0 Å². The molecule has 1 fully saturated rings. The first-order valence-electron chi connectivity index (χ1n) is 15.7. The molecule has 3 aromatic rings. The predicted molar refractivity (Wildman–Crippen MR) is 174 cm³/mol. The van der Waals surface area contributed by atoms with Crippen molar-refractivity contribution in [3.63, 3.8) is 0 Å². The van der Waals surface area contributed by atoms with Crippen LogP contribution in [0.3, 0.4) is 0 Å². The number of carbonyl (C=O) groups is 4. The van der Waals surface area contributed by atoms with Crippen molar-refractivity contribution in [2.45, 2.75) is 77.3 Å². The van der Waals surface area contributed by atoms with Crippen LogP contribution in [0.2, 0.25) is 0 Å². The van der Waals surface area contributed by atoms with Crippen LogP contribution in [0.4, 0.5) is 14.5 Å². The fraction of sp³-hybridized carbons (Fsp3) is 0.389. The Hall–Kier alpha value is -4.84. The number of hydrogen-bond donors (Lipinski definition) is 3. The smallest absolute Gasteiger partial charge is 0.328 e. The summed E-state index contributed by atoms with van der Waals surface area (Å²) in [5.74, 6) is -2.84. The first-order chi connectivity index (χ1) is 22.6. The van der Waals surface area contributed by atoms with Gasteiger partial charge in [0.1, 0.15) is 35.1 Å². The number of amides is 3. The molecule has 0 bridgehead atoms. The summed E-state index contributed by atoms with van der Waals surface area (Å²) in [4.78, 5) is 52.0. The zero-order valence-corrected chi connectivity index (χ0v) is 27.5. The Bertz CT molecular complexity index is 1590. The lowest BCUT2D eigenvalue weighted by Crippen LogP contribution is -2.55. The molecule has 1 aliphatic rings. The Morgan fingerprint density at radius 3 is 2.04 bits per heavy atom. The van der Waals surface area contributed by atoms with Gasteiger partial charge in [0.2, 0.25) is 11.8 Å². The van der Waals surface area contributed by atoms with Crippen LogP contribution in [-0.4, -0.2) is 53.1 Å². The number of anilines is 1. The highest BCUT2D eigenvalue weighted by Crippen LogP contribution is 2.46. The lowest BCUT2D eigenvalue weighted by atomic mass is 9.78. The molecule has 3 amide bonds. The van der Waals surface area contributed by atoms with E-state index in [1.165, 1.54) is 62.4 Å².